The molecule has 0 amide bonds. The summed E-state index contributed by atoms with van der Waals surface area (Å²) < 4.78 is 13.4. The van der Waals surface area contributed by atoms with Crippen LogP contribution in [0.2, 0.25) is 5.02 Å². The van der Waals surface area contributed by atoms with Crippen LogP contribution < -0.4 is 5.32 Å². The van der Waals surface area contributed by atoms with Gasteiger partial charge in [0.1, 0.15) is 11.6 Å². The van der Waals surface area contributed by atoms with Gasteiger partial charge >= 0.3 is 0 Å². The van der Waals surface area contributed by atoms with Crippen LogP contribution in [0.25, 0.3) is 0 Å². The molecule has 4 heteroatoms. The third kappa shape index (κ3) is 4.84. The third-order valence-corrected chi connectivity index (χ3v) is 2.75. The highest BCUT2D eigenvalue weighted by Gasteiger charge is 2.11. The number of hydrogen-bond acceptors (Lipinski definition) is 2. The minimum atomic E-state index is -0.414. The van der Waals surface area contributed by atoms with Gasteiger partial charge in [-0.25, -0.2) is 4.39 Å². The Morgan fingerprint density at radius 3 is 2.76 bits per heavy atom. The molecular formula is C13H17ClFNO. The van der Waals surface area contributed by atoms with Gasteiger partial charge in [-0.1, -0.05) is 31.5 Å². The fourth-order valence-corrected chi connectivity index (χ4v) is 1.72. The van der Waals surface area contributed by atoms with Crippen molar-refractivity contribution in [1.29, 1.82) is 0 Å². The van der Waals surface area contributed by atoms with Gasteiger partial charge in [-0.15, -0.1) is 0 Å². The minimum absolute atomic E-state index is 0.00912. The number of nitrogens with one attached hydrogen (secondary N) is 1. The van der Waals surface area contributed by atoms with Gasteiger partial charge in [-0.3, -0.25) is 4.79 Å². The third-order valence-electron chi connectivity index (χ3n) is 2.39. The Bertz CT molecular complexity index is 373. The number of carbonyl (C=O) groups is 1. The number of hydrogen-bond donors (Lipinski definition) is 1. The monoisotopic (exact) mass is 257 g/mol. The Morgan fingerprint density at radius 2 is 2.18 bits per heavy atom. The highest BCUT2D eigenvalue weighted by Crippen LogP contribution is 2.19. The molecule has 0 aliphatic rings. The number of ketones is 1. The summed E-state index contributed by atoms with van der Waals surface area (Å²) in [4.78, 5) is 11.6. The van der Waals surface area contributed by atoms with Crippen molar-refractivity contribution in [2.45, 2.75) is 32.7 Å². The highest BCUT2D eigenvalue weighted by molar-refractivity contribution is 6.31. The maximum atomic E-state index is 13.4. The fraction of sp³-hybridized carbons (Fsp3) is 0.462. The van der Waals surface area contributed by atoms with Crippen molar-refractivity contribution in [2.24, 2.45) is 0 Å². The highest BCUT2D eigenvalue weighted by atomic mass is 35.5. The van der Waals surface area contributed by atoms with Crippen molar-refractivity contribution < 1.29 is 9.18 Å². The van der Waals surface area contributed by atoms with Gasteiger partial charge in [0, 0.05) is 36.0 Å². The fourth-order valence-electron chi connectivity index (χ4n) is 1.49. The zero-order valence-electron chi connectivity index (χ0n) is 10.1. The molecule has 0 radical (unpaired) electrons. The van der Waals surface area contributed by atoms with Crippen molar-refractivity contribution in [3.8, 4) is 0 Å². The van der Waals surface area contributed by atoms with Crippen LogP contribution >= 0.6 is 11.6 Å². The van der Waals surface area contributed by atoms with E-state index in [1.165, 1.54) is 12.1 Å². The number of Topliss-reactive ketones (excluding diaryl/α,β-unsaturated/α-hetero) is 1. The zero-order chi connectivity index (χ0) is 12.8. The van der Waals surface area contributed by atoms with Crippen LogP contribution in [0.3, 0.4) is 0 Å². The Hall–Kier alpha value is -0.930. The van der Waals surface area contributed by atoms with E-state index in [4.69, 9.17) is 11.6 Å². The molecule has 0 aliphatic carbocycles. The van der Waals surface area contributed by atoms with E-state index in [0.717, 1.165) is 0 Å². The molecule has 1 aromatic carbocycles. The first-order valence-electron chi connectivity index (χ1n) is 5.68. The molecule has 1 rings (SSSR count). The maximum Gasteiger partial charge on any atom is 0.138 e. The summed E-state index contributed by atoms with van der Waals surface area (Å²) in [6, 6.07) is 4.80. The number of benzene rings is 1. The van der Waals surface area contributed by atoms with Crippen molar-refractivity contribution in [3.05, 3.63) is 34.6 Å². The molecule has 94 valence electrons. The smallest absolute Gasteiger partial charge is 0.138 e. The summed E-state index contributed by atoms with van der Waals surface area (Å²) in [5.74, 6) is -0.423. The Labute approximate surface area is 106 Å². The second kappa shape index (κ2) is 6.72. The lowest BCUT2D eigenvalue weighted by Crippen LogP contribution is -2.25. The lowest BCUT2D eigenvalue weighted by atomic mass is 10.1. The molecule has 0 aromatic heterocycles. The van der Waals surface area contributed by atoms with E-state index < -0.39 is 5.82 Å². The van der Waals surface area contributed by atoms with Gasteiger partial charge in [-0.2, -0.15) is 0 Å². The average molecular weight is 258 g/mol. The summed E-state index contributed by atoms with van der Waals surface area (Å²) in [6.45, 7) is 4.64. The van der Waals surface area contributed by atoms with Crippen molar-refractivity contribution in [2.75, 3.05) is 6.54 Å². The molecule has 0 fully saturated rings. The average Bonchev–Trinajstić information content (AvgIpc) is 2.23. The summed E-state index contributed by atoms with van der Waals surface area (Å²) in [5, 5.41) is 3.46. The number of rotatable bonds is 6. The molecule has 1 N–H and O–H groups in total. The van der Waals surface area contributed by atoms with Crippen molar-refractivity contribution in [1.82, 2.24) is 5.32 Å². The van der Waals surface area contributed by atoms with Crippen LogP contribution in [-0.2, 0) is 11.2 Å². The first kappa shape index (κ1) is 14.1. The van der Waals surface area contributed by atoms with E-state index in [0.29, 0.717) is 29.6 Å². The molecular weight excluding hydrogens is 241 g/mol. The molecule has 0 heterocycles. The topological polar surface area (TPSA) is 29.1 Å². The normalized spacial score (nSPS) is 10.9. The summed E-state index contributed by atoms with van der Waals surface area (Å²) >= 11 is 5.85. The molecule has 17 heavy (non-hydrogen) atoms. The summed E-state index contributed by atoms with van der Waals surface area (Å²) in [6.07, 6.45) is 0.453. The second-order valence-corrected chi connectivity index (χ2v) is 4.68. The Morgan fingerprint density at radius 1 is 1.47 bits per heavy atom. The van der Waals surface area contributed by atoms with Crippen LogP contribution in [0.1, 0.15) is 25.8 Å². The van der Waals surface area contributed by atoms with Crippen molar-refractivity contribution >= 4 is 17.4 Å². The van der Waals surface area contributed by atoms with Gasteiger partial charge in [0.05, 0.1) is 0 Å². The number of halogens is 2. The molecule has 0 bridgehead atoms. The molecule has 0 spiro atoms. The van der Waals surface area contributed by atoms with Gasteiger partial charge in [0.2, 0.25) is 0 Å². The van der Waals surface area contributed by atoms with Crippen molar-refractivity contribution in [3.63, 3.8) is 0 Å². The molecule has 0 atom stereocenters. The minimum Gasteiger partial charge on any atom is -0.314 e. The van der Waals surface area contributed by atoms with Crippen LogP contribution in [0.4, 0.5) is 4.39 Å². The molecule has 0 saturated carbocycles. The Kier molecular flexibility index (Phi) is 5.59. The maximum absolute atomic E-state index is 13.4. The Balaban J connectivity index is 2.51. The standard InChI is InChI=1S/C13H17ClFNO/c1-9(2)16-7-6-10(17)8-11-12(14)4-3-5-13(11)15/h3-5,9,16H,6-8H2,1-2H3. The predicted octanol–water partition coefficient (Wildman–Crippen LogP) is 2.98. The van der Waals surface area contributed by atoms with E-state index in [1.807, 2.05) is 13.8 Å². The first-order valence-corrected chi connectivity index (χ1v) is 6.06. The van der Waals surface area contributed by atoms with Gasteiger partial charge < -0.3 is 5.32 Å². The van der Waals surface area contributed by atoms with Crippen LogP contribution in [0, 0.1) is 5.82 Å². The molecule has 0 unspecified atom stereocenters. The van der Waals surface area contributed by atoms with Gasteiger partial charge in [0.15, 0.2) is 0 Å². The van der Waals surface area contributed by atoms with Crippen LogP contribution in [0.15, 0.2) is 18.2 Å². The SMILES string of the molecule is CC(C)NCCC(=O)Cc1c(F)cccc1Cl. The van der Waals surface area contributed by atoms with E-state index in [2.05, 4.69) is 5.32 Å². The molecule has 0 saturated heterocycles. The quantitative estimate of drug-likeness (QED) is 0.849. The van der Waals surface area contributed by atoms with E-state index in [9.17, 15) is 9.18 Å². The molecule has 0 aliphatic heterocycles. The largest absolute Gasteiger partial charge is 0.314 e. The predicted molar refractivity (Wildman–Crippen MR) is 67.9 cm³/mol. The molecule has 2 nitrogen and oxygen atoms in total. The van der Waals surface area contributed by atoms with E-state index in [1.54, 1.807) is 6.07 Å². The lowest BCUT2D eigenvalue weighted by Gasteiger charge is -2.08. The second-order valence-electron chi connectivity index (χ2n) is 4.27. The molecule has 1 aromatic rings. The van der Waals surface area contributed by atoms with Gasteiger partial charge in [0.25, 0.3) is 0 Å². The summed E-state index contributed by atoms with van der Waals surface area (Å²) in [7, 11) is 0. The lowest BCUT2D eigenvalue weighted by molar-refractivity contribution is -0.118. The van der Waals surface area contributed by atoms with Crippen LogP contribution in [-0.4, -0.2) is 18.4 Å². The van der Waals surface area contributed by atoms with E-state index in [-0.39, 0.29) is 12.2 Å². The number of carbonyl (C=O) groups excluding carboxylic acids is 1. The van der Waals surface area contributed by atoms with Crippen LogP contribution in [0.5, 0.6) is 0 Å². The summed E-state index contributed by atoms with van der Waals surface area (Å²) in [5.41, 5.74) is 0.295. The van der Waals surface area contributed by atoms with E-state index >= 15 is 0 Å². The van der Waals surface area contributed by atoms with Gasteiger partial charge in [-0.05, 0) is 12.1 Å². The first-order chi connectivity index (χ1) is 8.00. The zero-order valence-corrected chi connectivity index (χ0v) is 10.9.